The van der Waals surface area contributed by atoms with E-state index in [9.17, 15) is 4.79 Å². The molecule has 2 rings (SSSR count). The molecule has 0 atom stereocenters. The molecule has 4 N–H and O–H groups in total. The van der Waals surface area contributed by atoms with Crippen molar-refractivity contribution in [2.24, 2.45) is 16.6 Å². The highest BCUT2D eigenvalue weighted by atomic mass is 127. The third-order valence-electron chi connectivity index (χ3n) is 4.53. The Hall–Kier alpha value is -1.31. The third-order valence-corrected chi connectivity index (χ3v) is 4.53. The van der Waals surface area contributed by atoms with Crippen LogP contribution in [0.2, 0.25) is 0 Å². The number of guanidine groups is 1. The molecular formula is C19H31IN4O. The van der Waals surface area contributed by atoms with E-state index in [-0.39, 0.29) is 24.0 Å². The van der Waals surface area contributed by atoms with Crippen molar-refractivity contribution in [1.82, 2.24) is 10.6 Å². The molecular weight excluding hydrogens is 427 g/mol. The Kier molecular flexibility index (Phi) is 10.5. The van der Waals surface area contributed by atoms with Crippen molar-refractivity contribution in [3.63, 3.8) is 0 Å². The Labute approximate surface area is 168 Å². The van der Waals surface area contributed by atoms with E-state index in [0.717, 1.165) is 30.5 Å². The van der Waals surface area contributed by atoms with Gasteiger partial charge in [0.1, 0.15) is 0 Å². The second kappa shape index (κ2) is 12.1. The highest BCUT2D eigenvalue weighted by Gasteiger charge is 2.13. The Morgan fingerprint density at radius 2 is 2.04 bits per heavy atom. The number of rotatable bonds is 8. The van der Waals surface area contributed by atoms with Crippen molar-refractivity contribution in [3.8, 4) is 0 Å². The van der Waals surface area contributed by atoms with Gasteiger partial charge in [-0.25, -0.2) is 4.99 Å². The molecule has 1 amide bonds. The summed E-state index contributed by atoms with van der Waals surface area (Å²) in [4.78, 5) is 15.8. The molecule has 25 heavy (non-hydrogen) atoms. The fourth-order valence-corrected chi connectivity index (χ4v) is 3.23. The summed E-state index contributed by atoms with van der Waals surface area (Å²) in [6, 6.07) is 7.32. The number of aliphatic imine (C=N–C) groups is 1. The van der Waals surface area contributed by atoms with Crippen molar-refractivity contribution in [2.45, 2.75) is 52.0 Å². The number of nitrogens with two attached hydrogens (primary N) is 1. The first-order valence-electron chi connectivity index (χ1n) is 9.10. The number of primary amides is 1. The van der Waals surface area contributed by atoms with Crippen LogP contribution in [0.15, 0.2) is 29.3 Å². The van der Waals surface area contributed by atoms with E-state index in [1.54, 1.807) is 12.1 Å². The van der Waals surface area contributed by atoms with E-state index >= 15 is 0 Å². The summed E-state index contributed by atoms with van der Waals surface area (Å²) < 4.78 is 0. The summed E-state index contributed by atoms with van der Waals surface area (Å²) in [5.41, 5.74) is 6.83. The second-order valence-electron chi connectivity index (χ2n) is 6.48. The van der Waals surface area contributed by atoms with E-state index in [0.29, 0.717) is 12.1 Å². The lowest BCUT2D eigenvalue weighted by Gasteiger charge is -2.13. The van der Waals surface area contributed by atoms with Gasteiger partial charge in [0.05, 0.1) is 6.54 Å². The van der Waals surface area contributed by atoms with Crippen LogP contribution in [0.4, 0.5) is 0 Å². The van der Waals surface area contributed by atoms with Crippen LogP contribution in [-0.4, -0.2) is 25.0 Å². The minimum Gasteiger partial charge on any atom is -0.366 e. The highest BCUT2D eigenvalue weighted by molar-refractivity contribution is 14.0. The van der Waals surface area contributed by atoms with Crippen molar-refractivity contribution >= 4 is 35.8 Å². The second-order valence-corrected chi connectivity index (χ2v) is 6.48. The number of halogens is 1. The van der Waals surface area contributed by atoms with Crippen LogP contribution in [0.3, 0.4) is 0 Å². The summed E-state index contributed by atoms with van der Waals surface area (Å²) in [6.45, 7) is 4.36. The molecule has 0 spiro atoms. The summed E-state index contributed by atoms with van der Waals surface area (Å²) in [5, 5.41) is 6.67. The van der Waals surface area contributed by atoms with Gasteiger partial charge in [-0.2, -0.15) is 0 Å². The minimum absolute atomic E-state index is 0. The fourth-order valence-electron chi connectivity index (χ4n) is 3.23. The molecule has 0 aliphatic heterocycles. The predicted molar refractivity (Wildman–Crippen MR) is 114 cm³/mol. The normalized spacial score (nSPS) is 14.8. The molecule has 1 aromatic carbocycles. The fraction of sp³-hybridized carbons (Fsp3) is 0.579. The molecule has 1 fully saturated rings. The highest BCUT2D eigenvalue weighted by Crippen LogP contribution is 2.28. The van der Waals surface area contributed by atoms with Crippen molar-refractivity contribution in [3.05, 3.63) is 35.4 Å². The van der Waals surface area contributed by atoms with Gasteiger partial charge in [0, 0.05) is 18.7 Å². The zero-order valence-corrected chi connectivity index (χ0v) is 17.4. The molecule has 0 unspecified atom stereocenters. The maximum atomic E-state index is 11.2. The van der Waals surface area contributed by atoms with Crippen LogP contribution < -0.4 is 16.4 Å². The van der Waals surface area contributed by atoms with E-state index in [2.05, 4.69) is 22.5 Å². The van der Waals surface area contributed by atoms with Gasteiger partial charge in [0.25, 0.3) is 0 Å². The Balaban J connectivity index is 0.00000312. The van der Waals surface area contributed by atoms with Crippen LogP contribution in [0.25, 0.3) is 0 Å². The van der Waals surface area contributed by atoms with Crippen LogP contribution in [0, 0.1) is 5.92 Å². The molecule has 0 bridgehead atoms. The Bertz CT molecular complexity index is 556. The zero-order chi connectivity index (χ0) is 17.2. The first kappa shape index (κ1) is 21.7. The lowest BCUT2D eigenvalue weighted by Crippen LogP contribution is -2.37. The standard InChI is InChI=1S/C19H30N4O.HI/c1-2-21-19(22-12-6-10-15-7-3-4-8-15)23-14-16-9-5-11-17(13-16)18(20)24;/h5,9,11,13,15H,2-4,6-8,10,12,14H2,1H3,(H2,20,24)(H2,21,22,23);1H. The number of nitrogens with one attached hydrogen (secondary N) is 2. The first-order chi connectivity index (χ1) is 11.7. The molecule has 1 aliphatic rings. The average molecular weight is 458 g/mol. The van der Waals surface area contributed by atoms with Crippen molar-refractivity contribution < 1.29 is 4.79 Å². The van der Waals surface area contributed by atoms with Crippen molar-refractivity contribution in [1.29, 1.82) is 0 Å². The number of carbonyl (C=O) groups excluding carboxylic acids is 1. The van der Waals surface area contributed by atoms with Gasteiger partial charge >= 0.3 is 0 Å². The molecule has 0 radical (unpaired) electrons. The lowest BCUT2D eigenvalue weighted by molar-refractivity contribution is 0.1000. The topological polar surface area (TPSA) is 79.5 Å². The maximum Gasteiger partial charge on any atom is 0.248 e. The van der Waals surface area contributed by atoms with Gasteiger partial charge in [0.2, 0.25) is 5.91 Å². The number of amides is 1. The van der Waals surface area contributed by atoms with Gasteiger partial charge in [-0.05, 0) is 43.4 Å². The van der Waals surface area contributed by atoms with Gasteiger partial charge in [-0.15, -0.1) is 24.0 Å². The van der Waals surface area contributed by atoms with Crippen LogP contribution in [0.1, 0.15) is 61.4 Å². The van der Waals surface area contributed by atoms with Crippen LogP contribution >= 0.6 is 24.0 Å². The smallest absolute Gasteiger partial charge is 0.248 e. The molecule has 6 heteroatoms. The molecule has 1 aliphatic carbocycles. The van der Waals surface area contributed by atoms with Gasteiger partial charge in [0.15, 0.2) is 5.96 Å². The molecule has 5 nitrogen and oxygen atoms in total. The molecule has 140 valence electrons. The lowest BCUT2D eigenvalue weighted by atomic mass is 10.0. The Morgan fingerprint density at radius 1 is 1.28 bits per heavy atom. The summed E-state index contributed by atoms with van der Waals surface area (Å²) in [7, 11) is 0. The van der Waals surface area contributed by atoms with Gasteiger partial charge in [-0.1, -0.05) is 37.8 Å². The summed E-state index contributed by atoms with van der Waals surface area (Å²) >= 11 is 0. The van der Waals surface area contributed by atoms with E-state index in [1.165, 1.54) is 38.5 Å². The largest absolute Gasteiger partial charge is 0.366 e. The van der Waals surface area contributed by atoms with E-state index in [4.69, 9.17) is 5.73 Å². The van der Waals surface area contributed by atoms with Crippen LogP contribution in [0.5, 0.6) is 0 Å². The molecule has 0 saturated heterocycles. The number of benzene rings is 1. The van der Waals surface area contributed by atoms with E-state index < -0.39 is 5.91 Å². The maximum absolute atomic E-state index is 11.2. The quantitative estimate of drug-likeness (QED) is 0.242. The SMILES string of the molecule is CCNC(=NCc1cccc(C(N)=O)c1)NCCCC1CCCC1.I. The van der Waals surface area contributed by atoms with Gasteiger partial charge < -0.3 is 16.4 Å². The van der Waals surface area contributed by atoms with Gasteiger partial charge in [-0.3, -0.25) is 4.79 Å². The monoisotopic (exact) mass is 458 g/mol. The zero-order valence-electron chi connectivity index (χ0n) is 15.1. The third kappa shape index (κ3) is 8.07. The van der Waals surface area contributed by atoms with Crippen LogP contribution in [-0.2, 0) is 6.54 Å². The number of hydrogen-bond acceptors (Lipinski definition) is 2. The minimum atomic E-state index is -0.405. The first-order valence-corrected chi connectivity index (χ1v) is 9.10. The molecule has 0 heterocycles. The Morgan fingerprint density at radius 3 is 2.72 bits per heavy atom. The average Bonchev–Trinajstić information content (AvgIpc) is 3.10. The molecule has 1 aromatic rings. The summed E-state index contributed by atoms with van der Waals surface area (Å²) in [5.74, 6) is 1.36. The summed E-state index contributed by atoms with van der Waals surface area (Å²) in [6.07, 6.45) is 8.13. The number of nitrogens with zero attached hydrogens (tertiary/aromatic N) is 1. The number of hydrogen-bond donors (Lipinski definition) is 3. The molecule has 1 saturated carbocycles. The van der Waals surface area contributed by atoms with E-state index in [1.807, 2.05) is 12.1 Å². The molecule has 0 aromatic heterocycles. The predicted octanol–water partition coefficient (Wildman–Crippen LogP) is 3.43. The van der Waals surface area contributed by atoms with Crippen molar-refractivity contribution in [2.75, 3.05) is 13.1 Å². The number of carbonyl (C=O) groups is 1.